The van der Waals surface area contributed by atoms with Crippen LogP contribution in [0.3, 0.4) is 0 Å². The number of aryl methyl sites for hydroxylation is 2. The molecule has 2 amide bonds. The Bertz CT molecular complexity index is 798. The summed E-state index contributed by atoms with van der Waals surface area (Å²) in [7, 11) is 1.30. The maximum atomic E-state index is 12.1. The monoisotopic (exact) mass is 382 g/mol. The third-order valence-corrected chi connectivity index (χ3v) is 4.35. The quantitative estimate of drug-likeness (QED) is 0.653. The summed E-state index contributed by atoms with van der Waals surface area (Å²) in [5, 5.41) is 5.48. The summed E-state index contributed by atoms with van der Waals surface area (Å²) >= 11 is 0. The van der Waals surface area contributed by atoms with Gasteiger partial charge in [-0.2, -0.15) is 0 Å². The summed E-state index contributed by atoms with van der Waals surface area (Å²) in [5.74, 6) is -0.730. The fourth-order valence-electron chi connectivity index (χ4n) is 2.61. The number of carbonyl (C=O) groups is 3. The first kappa shape index (κ1) is 21.2. The number of nitrogens with one attached hydrogen (secondary N) is 2. The first-order valence-electron chi connectivity index (χ1n) is 9.34. The zero-order chi connectivity index (χ0) is 20.4. The number of anilines is 1. The van der Waals surface area contributed by atoms with E-state index in [0.717, 1.165) is 12.0 Å². The lowest BCUT2D eigenvalue weighted by Gasteiger charge is -2.08. The standard InChI is InChI=1S/C22H26N2O4/c1-3-16-4-6-17(7-5-16)8-13-20(25)24-19-11-9-18(10-12-19)22(27)23-15-14-21(26)28-2/h4-7,9-12H,3,8,13-15H2,1-2H3,(H,23,27)(H,24,25). The van der Waals surface area contributed by atoms with Crippen molar-refractivity contribution in [1.82, 2.24) is 5.32 Å². The normalized spacial score (nSPS) is 10.2. The topological polar surface area (TPSA) is 84.5 Å². The van der Waals surface area contributed by atoms with Crippen LogP contribution in [0.25, 0.3) is 0 Å². The van der Waals surface area contributed by atoms with E-state index in [4.69, 9.17) is 0 Å². The van der Waals surface area contributed by atoms with Crippen molar-refractivity contribution in [1.29, 1.82) is 0 Å². The molecule has 0 saturated heterocycles. The molecule has 148 valence electrons. The highest BCUT2D eigenvalue weighted by Crippen LogP contribution is 2.12. The SMILES string of the molecule is CCc1ccc(CCC(=O)Nc2ccc(C(=O)NCCC(=O)OC)cc2)cc1. The number of amides is 2. The summed E-state index contributed by atoms with van der Waals surface area (Å²) < 4.78 is 4.52. The van der Waals surface area contributed by atoms with E-state index in [0.29, 0.717) is 24.1 Å². The van der Waals surface area contributed by atoms with Crippen molar-refractivity contribution in [2.45, 2.75) is 32.6 Å². The van der Waals surface area contributed by atoms with E-state index in [9.17, 15) is 14.4 Å². The Labute approximate surface area is 165 Å². The van der Waals surface area contributed by atoms with Gasteiger partial charge in [0.25, 0.3) is 5.91 Å². The van der Waals surface area contributed by atoms with Crippen LogP contribution in [0.2, 0.25) is 0 Å². The van der Waals surface area contributed by atoms with Gasteiger partial charge in [0.2, 0.25) is 5.91 Å². The summed E-state index contributed by atoms with van der Waals surface area (Å²) in [6, 6.07) is 14.9. The van der Waals surface area contributed by atoms with Crippen molar-refractivity contribution in [2.24, 2.45) is 0 Å². The van der Waals surface area contributed by atoms with Crippen LogP contribution in [-0.2, 0) is 27.2 Å². The van der Waals surface area contributed by atoms with E-state index in [1.807, 2.05) is 0 Å². The lowest BCUT2D eigenvalue weighted by Crippen LogP contribution is -2.26. The van der Waals surface area contributed by atoms with E-state index in [1.165, 1.54) is 12.7 Å². The molecule has 0 bridgehead atoms. The first-order chi connectivity index (χ1) is 13.5. The average Bonchev–Trinajstić information content (AvgIpc) is 2.72. The fraction of sp³-hybridized carbons (Fsp3) is 0.318. The largest absolute Gasteiger partial charge is 0.469 e. The molecule has 0 atom stereocenters. The number of rotatable bonds is 9. The fourth-order valence-corrected chi connectivity index (χ4v) is 2.61. The van der Waals surface area contributed by atoms with Gasteiger partial charge in [-0.15, -0.1) is 0 Å². The van der Waals surface area contributed by atoms with Crippen molar-refractivity contribution < 1.29 is 19.1 Å². The maximum absolute atomic E-state index is 12.1. The van der Waals surface area contributed by atoms with Crippen LogP contribution in [0.15, 0.2) is 48.5 Å². The molecule has 28 heavy (non-hydrogen) atoms. The summed E-state index contributed by atoms with van der Waals surface area (Å²) in [5.41, 5.74) is 3.50. The molecule has 0 heterocycles. The van der Waals surface area contributed by atoms with Crippen molar-refractivity contribution >= 4 is 23.5 Å². The summed E-state index contributed by atoms with van der Waals surface area (Å²) in [6.07, 6.45) is 2.19. The van der Waals surface area contributed by atoms with Gasteiger partial charge < -0.3 is 15.4 Å². The zero-order valence-electron chi connectivity index (χ0n) is 16.3. The smallest absolute Gasteiger partial charge is 0.307 e. The van der Waals surface area contributed by atoms with E-state index < -0.39 is 0 Å². The molecule has 6 nitrogen and oxygen atoms in total. The van der Waals surface area contributed by atoms with Crippen LogP contribution in [-0.4, -0.2) is 31.4 Å². The molecule has 0 aliphatic carbocycles. The molecule has 0 aromatic heterocycles. The minimum absolute atomic E-state index is 0.0742. The Morgan fingerprint density at radius 1 is 0.893 bits per heavy atom. The molecule has 0 fully saturated rings. The van der Waals surface area contributed by atoms with Crippen molar-refractivity contribution in [3.8, 4) is 0 Å². The van der Waals surface area contributed by atoms with Crippen LogP contribution in [0.4, 0.5) is 5.69 Å². The Hall–Kier alpha value is -3.15. The molecular weight excluding hydrogens is 356 g/mol. The number of methoxy groups -OCH3 is 1. The van der Waals surface area contributed by atoms with E-state index in [2.05, 4.69) is 46.6 Å². The average molecular weight is 382 g/mol. The minimum Gasteiger partial charge on any atom is -0.469 e. The van der Waals surface area contributed by atoms with Gasteiger partial charge in [0.05, 0.1) is 13.5 Å². The predicted molar refractivity (Wildman–Crippen MR) is 108 cm³/mol. The molecule has 6 heteroatoms. The van der Waals surface area contributed by atoms with Gasteiger partial charge in [-0.3, -0.25) is 14.4 Å². The van der Waals surface area contributed by atoms with Gasteiger partial charge in [0, 0.05) is 24.2 Å². The molecule has 0 spiro atoms. The van der Waals surface area contributed by atoms with Crippen LogP contribution in [0.1, 0.15) is 41.3 Å². The number of ether oxygens (including phenoxy) is 1. The number of hydrogen-bond acceptors (Lipinski definition) is 4. The van der Waals surface area contributed by atoms with Crippen LogP contribution in [0, 0.1) is 0 Å². The Morgan fingerprint density at radius 2 is 1.54 bits per heavy atom. The number of carbonyl (C=O) groups excluding carboxylic acids is 3. The molecule has 0 unspecified atom stereocenters. The number of hydrogen-bond donors (Lipinski definition) is 2. The Kier molecular flexibility index (Phi) is 8.21. The zero-order valence-corrected chi connectivity index (χ0v) is 16.3. The Morgan fingerprint density at radius 3 is 2.14 bits per heavy atom. The van der Waals surface area contributed by atoms with E-state index in [1.54, 1.807) is 24.3 Å². The molecule has 2 aromatic carbocycles. The molecule has 2 N–H and O–H groups in total. The Balaban J connectivity index is 1.78. The van der Waals surface area contributed by atoms with Crippen LogP contribution >= 0.6 is 0 Å². The molecule has 0 saturated carbocycles. The second-order valence-corrected chi connectivity index (χ2v) is 6.38. The summed E-state index contributed by atoms with van der Waals surface area (Å²) in [4.78, 5) is 35.2. The highest BCUT2D eigenvalue weighted by Gasteiger charge is 2.08. The lowest BCUT2D eigenvalue weighted by atomic mass is 10.1. The van der Waals surface area contributed by atoms with Gasteiger partial charge in [-0.05, 0) is 48.2 Å². The maximum Gasteiger partial charge on any atom is 0.307 e. The highest BCUT2D eigenvalue weighted by atomic mass is 16.5. The van der Waals surface area contributed by atoms with Gasteiger partial charge in [0.15, 0.2) is 0 Å². The van der Waals surface area contributed by atoms with E-state index in [-0.39, 0.29) is 30.7 Å². The first-order valence-corrected chi connectivity index (χ1v) is 9.34. The van der Waals surface area contributed by atoms with Crippen LogP contribution in [0.5, 0.6) is 0 Å². The van der Waals surface area contributed by atoms with Crippen LogP contribution < -0.4 is 10.6 Å². The molecule has 0 aliphatic rings. The molecule has 0 aliphatic heterocycles. The number of benzene rings is 2. The van der Waals surface area contributed by atoms with Gasteiger partial charge >= 0.3 is 5.97 Å². The molecule has 0 radical (unpaired) electrons. The molecule has 2 aromatic rings. The second-order valence-electron chi connectivity index (χ2n) is 6.38. The van der Waals surface area contributed by atoms with Gasteiger partial charge in [0.1, 0.15) is 0 Å². The van der Waals surface area contributed by atoms with E-state index >= 15 is 0 Å². The summed E-state index contributed by atoms with van der Waals surface area (Å²) in [6.45, 7) is 2.32. The molecule has 2 rings (SSSR count). The van der Waals surface area contributed by atoms with Crippen molar-refractivity contribution in [2.75, 3.05) is 19.0 Å². The molecular formula is C22H26N2O4. The minimum atomic E-state index is -0.375. The predicted octanol–water partition coefficient (Wildman–Crippen LogP) is 3.11. The lowest BCUT2D eigenvalue weighted by molar-refractivity contribution is -0.140. The highest BCUT2D eigenvalue weighted by molar-refractivity contribution is 5.96. The number of esters is 1. The van der Waals surface area contributed by atoms with Crippen molar-refractivity contribution in [3.63, 3.8) is 0 Å². The van der Waals surface area contributed by atoms with Gasteiger partial charge in [-0.1, -0.05) is 31.2 Å². The second kappa shape index (κ2) is 10.9. The third kappa shape index (κ3) is 6.87. The van der Waals surface area contributed by atoms with Gasteiger partial charge in [-0.25, -0.2) is 0 Å². The third-order valence-electron chi connectivity index (χ3n) is 4.35. The van der Waals surface area contributed by atoms with Crippen molar-refractivity contribution in [3.05, 3.63) is 65.2 Å².